The summed E-state index contributed by atoms with van der Waals surface area (Å²) >= 11 is 0. The summed E-state index contributed by atoms with van der Waals surface area (Å²) in [5.74, 6) is 0.844. The second-order valence-corrected chi connectivity index (χ2v) is 5.13. The molecule has 1 amide bonds. The van der Waals surface area contributed by atoms with Crippen LogP contribution in [0.4, 0.5) is 0 Å². The van der Waals surface area contributed by atoms with Crippen LogP contribution in [-0.2, 0) is 4.79 Å². The van der Waals surface area contributed by atoms with Gasteiger partial charge in [-0.05, 0) is 18.8 Å². The summed E-state index contributed by atoms with van der Waals surface area (Å²) in [4.78, 5) is 17.5. The van der Waals surface area contributed by atoms with Crippen LogP contribution in [0.2, 0.25) is 0 Å². The fraction of sp³-hybridized carbons (Fsp3) is 0.846. The first-order chi connectivity index (χ1) is 8.15. The number of carbonyl (C=O) groups is 1. The largest absolute Gasteiger partial charge is 0.390 e. The van der Waals surface area contributed by atoms with Gasteiger partial charge in [0, 0.05) is 14.1 Å². The van der Waals surface area contributed by atoms with E-state index in [0.29, 0.717) is 0 Å². The lowest BCUT2D eigenvalue weighted by Gasteiger charge is -2.23. The van der Waals surface area contributed by atoms with Crippen molar-refractivity contribution in [3.8, 4) is 0 Å². The quantitative estimate of drug-likeness (QED) is 0.587. The van der Waals surface area contributed by atoms with Gasteiger partial charge in [-0.15, -0.1) is 0 Å². The number of carbonyl (C=O) groups excluding carboxylic acids is 1. The molecule has 1 rings (SSSR count). The van der Waals surface area contributed by atoms with E-state index in [4.69, 9.17) is 5.73 Å². The lowest BCUT2D eigenvalue weighted by atomic mass is 9.85. The van der Waals surface area contributed by atoms with Crippen molar-refractivity contribution < 1.29 is 4.79 Å². The second kappa shape index (κ2) is 7.30. The molecule has 0 radical (unpaired) electrons. The van der Waals surface area contributed by atoms with Crippen molar-refractivity contribution in [1.82, 2.24) is 4.90 Å². The van der Waals surface area contributed by atoms with Crippen LogP contribution >= 0.6 is 0 Å². The van der Waals surface area contributed by atoms with Gasteiger partial charge in [-0.25, -0.2) is 0 Å². The third kappa shape index (κ3) is 4.75. The predicted octanol–water partition coefficient (Wildman–Crippen LogP) is 1.79. The molecule has 1 saturated carbocycles. The lowest BCUT2D eigenvalue weighted by molar-refractivity contribution is -0.130. The third-order valence-corrected chi connectivity index (χ3v) is 3.56. The summed E-state index contributed by atoms with van der Waals surface area (Å²) in [6, 6.07) is -0.281. The second-order valence-electron chi connectivity index (χ2n) is 5.13. The summed E-state index contributed by atoms with van der Waals surface area (Å²) in [5, 5.41) is 0. The molecule has 0 spiro atoms. The summed E-state index contributed by atoms with van der Waals surface area (Å²) in [6.45, 7) is 0. The molecule has 17 heavy (non-hydrogen) atoms. The first kappa shape index (κ1) is 14.0. The minimum Gasteiger partial charge on any atom is -0.390 e. The van der Waals surface area contributed by atoms with E-state index in [0.717, 1.165) is 18.8 Å². The van der Waals surface area contributed by atoms with Crippen molar-refractivity contribution in [1.29, 1.82) is 0 Å². The monoisotopic (exact) mass is 239 g/mol. The summed E-state index contributed by atoms with van der Waals surface area (Å²) in [5.41, 5.74) is 5.31. The van der Waals surface area contributed by atoms with E-state index >= 15 is 0 Å². The van der Waals surface area contributed by atoms with Gasteiger partial charge in [-0.3, -0.25) is 9.79 Å². The van der Waals surface area contributed by atoms with E-state index in [1.165, 1.54) is 38.4 Å². The highest BCUT2D eigenvalue weighted by Crippen LogP contribution is 2.28. The minimum absolute atomic E-state index is 0.0579. The Kier molecular flexibility index (Phi) is 6.01. The number of aliphatic imine (C=N–C) groups is 1. The van der Waals surface area contributed by atoms with Gasteiger partial charge < -0.3 is 10.6 Å². The Morgan fingerprint density at radius 2 is 2.06 bits per heavy atom. The number of hydrogen-bond donors (Lipinski definition) is 1. The molecule has 4 nitrogen and oxygen atoms in total. The van der Waals surface area contributed by atoms with Crippen LogP contribution in [0.3, 0.4) is 0 Å². The Labute approximate surface area is 104 Å². The van der Waals surface area contributed by atoms with Gasteiger partial charge in [0.05, 0.1) is 6.34 Å². The van der Waals surface area contributed by atoms with E-state index in [2.05, 4.69) is 4.99 Å². The molecule has 0 bridgehead atoms. The zero-order valence-electron chi connectivity index (χ0n) is 11.1. The fourth-order valence-corrected chi connectivity index (χ4v) is 2.53. The molecule has 2 N–H and O–H groups in total. The standard InChI is InChI=1S/C13H25N3O/c1-16(2)13(17)12(15-10-14)9-8-11-6-4-3-5-7-11/h10-12H,3-9H2,1-2H3,(H2,14,15). The van der Waals surface area contributed by atoms with Crippen LogP contribution in [0.1, 0.15) is 44.9 Å². The van der Waals surface area contributed by atoms with Crippen molar-refractivity contribution in [2.24, 2.45) is 16.6 Å². The average Bonchev–Trinajstić information content (AvgIpc) is 2.34. The Bertz CT molecular complexity index is 257. The molecule has 0 aliphatic heterocycles. The zero-order valence-corrected chi connectivity index (χ0v) is 11.1. The predicted molar refractivity (Wildman–Crippen MR) is 71.0 cm³/mol. The van der Waals surface area contributed by atoms with E-state index in [1.807, 2.05) is 0 Å². The maximum Gasteiger partial charge on any atom is 0.246 e. The number of nitrogens with zero attached hydrogens (tertiary/aromatic N) is 2. The van der Waals surface area contributed by atoms with E-state index in [9.17, 15) is 4.79 Å². The van der Waals surface area contributed by atoms with E-state index < -0.39 is 0 Å². The molecule has 1 atom stereocenters. The Balaban J connectivity index is 2.40. The highest BCUT2D eigenvalue weighted by Gasteiger charge is 2.21. The molecule has 1 aliphatic rings. The topological polar surface area (TPSA) is 58.7 Å². The number of likely N-dealkylation sites (N-methyl/N-ethyl adjacent to an activating group) is 1. The third-order valence-electron chi connectivity index (χ3n) is 3.56. The molecule has 0 aromatic carbocycles. The van der Waals surface area contributed by atoms with E-state index in [-0.39, 0.29) is 11.9 Å². The number of hydrogen-bond acceptors (Lipinski definition) is 2. The minimum atomic E-state index is -0.281. The first-order valence-corrected chi connectivity index (χ1v) is 6.59. The summed E-state index contributed by atoms with van der Waals surface area (Å²) < 4.78 is 0. The van der Waals surface area contributed by atoms with Gasteiger partial charge in [0.1, 0.15) is 6.04 Å². The smallest absolute Gasteiger partial charge is 0.246 e. The normalized spacial score (nSPS) is 19.4. The van der Waals surface area contributed by atoms with Crippen LogP contribution < -0.4 is 5.73 Å². The van der Waals surface area contributed by atoms with Gasteiger partial charge >= 0.3 is 0 Å². The highest BCUT2D eigenvalue weighted by molar-refractivity contribution is 5.82. The van der Waals surface area contributed by atoms with Crippen molar-refractivity contribution in [2.45, 2.75) is 51.0 Å². The van der Waals surface area contributed by atoms with Gasteiger partial charge in [0.15, 0.2) is 0 Å². The number of nitrogens with two attached hydrogens (primary N) is 1. The zero-order chi connectivity index (χ0) is 12.7. The Morgan fingerprint density at radius 3 is 2.59 bits per heavy atom. The maximum absolute atomic E-state index is 11.9. The summed E-state index contributed by atoms with van der Waals surface area (Å²) in [7, 11) is 3.53. The van der Waals surface area contributed by atoms with Crippen molar-refractivity contribution >= 4 is 12.2 Å². The lowest BCUT2D eigenvalue weighted by Crippen LogP contribution is -2.33. The Hall–Kier alpha value is -1.06. The van der Waals surface area contributed by atoms with Gasteiger partial charge in [0.2, 0.25) is 5.91 Å². The molecule has 0 heterocycles. The molecular weight excluding hydrogens is 214 g/mol. The van der Waals surface area contributed by atoms with Crippen LogP contribution in [0.25, 0.3) is 0 Å². The van der Waals surface area contributed by atoms with E-state index in [1.54, 1.807) is 19.0 Å². The summed E-state index contributed by atoms with van der Waals surface area (Å²) in [6.07, 6.45) is 9.88. The highest BCUT2D eigenvalue weighted by atomic mass is 16.2. The first-order valence-electron chi connectivity index (χ1n) is 6.59. The van der Waals surface area contributed by atoms with Crippen LogP contribution in [0, 0.1) is 5.92 Å². The molecule has 98 valence electrons. The SMILES string of the molecule is CN(C)C(=O)C(CCC1CCCCC1)N=CN. The van der Waals surface area contributed by atoms with Crippen molar-refractivity contribution in [3.05, 3.63) is 0 Å². The molecule has 0 aromatic rings. The molecule has 0 saturated heterocycles. The van der Waals surface area contributed by atoms with Gasteiger partial charge in [-0.1, -0.05) is 32.1 Å². The van der Waals surface area contributed by atoms with Crippen molar-refractivity contribution in [3.63, 3.8) is 0 Å². The molecule has 1 unspecified atom stereocenters. The van der Waals surface area contributed by atoms with Crippen LogP contribution in [-0.4, -0.2) is 37.3 Å². The molecule has 1 fully saturated rings. The fourth-order valence-electron chi connectivity index (χ4n) is 2.53. The average molecular weight is 239 g/mol. The Morgan fingerprint density at radius 1 is 1.41 bits per heavy atom. The molecule has 1 aliphatic carbocycles. The molecule has 0 aromatic heterocycles. The van der Waals surface area contributed by atoms with Crippen molar-refractivity contribution in [2.75, 3.05) is 14.1 Å². The van der Waals surface area contributed by atoms with Crippen LogP contribution in [0.15, 0.2) is 4.99 Å². The molecular formula is C13H25N3O. The van der Waals surface area contributed by atoms with Gasteiger partial charge in [-0.2, -0.15) is 0 Å². The van der Waals surface area contributed by atoms with Gasteiger partial charge in [0.25, 0.3) is 0 Å². The maximum atomic E-state index is 11.9. The number of amides is 1. The number of rotatable bonds is 5. The molecule has 4 heteroatoms. The van der Waals surface area contributed by atoms with Crippen LogP contribution in [0.5, 0.6) is 0 Å².